The number of aliphatic imine (C=N–C) groups is 1. The van der Waals surface area contributed by atoms with Crippen molar-refractivity contribution in [3.63, 3.8) is 0 Å². The second-order valence-electron chi connectivity index (χ2n) is 9.43. The van der Waals surface area contributed by atoms with Gasteiger partial charge in [0.2, 0.25) is 0 Å². The minimum Gasteiger partial charge on any atom is -0.507 e. The maximum Gasteiger partial charge on any atom is 0.127 e. The molecule has 30 heavy (non-hydrogen) atoms. The van der Waals surface area contributed by atoms with Crippen LogP contribution in [0, 0.1) is 20.8 Å². The molecule has 1 atom stereocenters. The lowest BCUT2D eigenvalue weighted by molar-refractivity contribution is 0.0521. The number of aromatic hydroxyl groups is 1. The number of phenolic OH excluding ortho intramolecular Hbond substituents is 1. The molecule has 0 saturated heterocycles. The highest BCUT2D eigenvalue weighted by atomic mass is 16.5. The molecule has 4 nitrogen and oxygen atoms in total. The SMILES string of the molecule is Cc1c(C)c2c(c(C)c1O)CC[C@@](C)(CCCCCCCCCN1C=CN=CC1)O2. The van der Waals surface area contributed by atoms with Crippen LogP contribution in [0.3, 0.4) is 0 Å². The first kappa shape index (κ1) is 22.7. The Morgan fingerprint density at radius 2 is 1.70 bits per heavy atom. The molecule has 0 amide bonds. The van der Waals surface area contributed by atoms with Crippen molar-refractivity contribution in [3.8, 4) is 11.5 Å². The normalized spacial score (nSPS) is 20.3. The van der Waals surface area contributed by atoms with Crippen LogP contribution in [0.15, 0.2) is 17.4 Å². The minimum absolute atomic E-state index is 0.0706. The van der Waals surface area contributed by atoms with Crippen LogP contribution < -0.4 is 4.74 Å². The molecule has 2 aliphatic rings. The van der Waals surface area contributed by atoms with Crippen molar-refractivity contribution in [2.45, 2.75) is 97.5 Å². The van der Waals surface area contributed by atoms with E-state index in [-0.39, 0.29) is 5.60 Å². The topological polar surface area (TPSA) is 45.1 Å². The average Bonchev–Trinajstić information content (AvgIpc) is 2.75. The van der Waals surface area contributed by atoms with E-state index in [9.17, 15) is 5.11 Å². The average molecular weight is 413 g/mol. The van der Waals surface area contributed by atoms with Crippen molar-refractivity contribution in [2.24, 2.45) is 4.99 Å². The summed E-state index contributed by atoms with van der Waals surface area (Å²) < 4.78 is 6.55. The fourth-order valence-corrected chi connectivity index (χ4v) is 4.74. The van der Waals surface area contributed by atoms with Crippen molar-refractivity contribution < 1.29 is 9.84 Å². The number of unbranched alkanes of at least 4 members (excludes halogenated alkanes) is 6. The van der Waals surface area contributed by atoms with Gasteiger partial charge in [0.1, 0.15) is 17.1 Å². The first-order chi connectivity index (χ1) is 14.4. The summed E-state index contributed by atoms with van der Waals surface area (Å²) in [5.41, 5.74) is 4.20. The molecule has 0 aliphatic carbocycles. The molecule has 1 aromatic carbocycles. The van der Waals surface area contributed by atoms with Gasteiger partial charge in [0, 0.05) is 30.7 Å². The Labute approximate surface area is 183 Å². The second kappa shape index (κ2) is 10.4. The summed E-state index contributed by atoms with van der Waals surface area (Å²) in [5.74, 6) is 1.48. The highest BCUT2D eigenvalue weighted by Crippen LogP contribution is 2.44. The quantitative estimate of drug-likeness (QED) is 0.454. The lowest BCUT2D eigenvalue weighted by Gasteiger charge is -2.38. The van der Waals surface area contributed by atoms with Gasteiger partial charge in [-0.3, -0.25) is 4.99 Å². The van der Waals surface area contributed by atoms with Gasteiger partial charge in [0.25, 0.3) is 0 Å². The molecule has 1 aromatic rings. The Kier molecular flexibility index (Phi) is 7.85. The Bertz CT molecular complexity index is 784. The summed E-state index contributed by atoms with van der Waals surface area (Å²) in [4.78, 5) is 6.45. The number of fused-ring (bicyclic) bond motifs is 1. The Morgan fingerprint density at radius 3 is 2.40 bits per heavy atom. The summed E-state index contributed by atoms with van der Waals surface area (Å²) in [5, 5.41) is 10.4. The molecule has 3 rings (SSSR count). The van der Waals surface area contributed by atoms with E-state index in [0.29, 0.717) is 5.75 Å². The predicted octanol–water partition coefficient (Wildman–Crippen LogP) is 6.38. The number of ether oxygens (including phenoxy) is 1. The van der Waals surface area contributed by atoms with Crippen molar-refractivity contribution in [3.05, 3.63) is 34.7 Å². The first-order valence-electron chi connectivity index (χ1n) is 11.8. The van der Waals surface area contributed by atoms with Crippen molar-refractivity contribution in [1.82, 2.24) is 4.90 Å². The van der Waals surface area contributed by atoms with Gasteiger partial charge < -0.3 is 14.7 Å². The molecule has 0 unspecified atom stereocenters. The van der Waals surface area contributed by atoms with Gasteiger partial charge in [-0.2, -0.15) is 0 Å². The lowest BCUT2D eigenvalue weighted by atomic mass is 9.84. The van der Waals surface area contributed by atoms with Gasteiger partial charge in [-0.15, -0.1) is 0 Å². The van der Waals surface area contributed by atoms with Crippen molar-refractivity contribution in [2.75, 3.05) is 13.1 Å². The predicted molar refractivity (Wildman–Crippen MR) is 126 cm³/mol. The van der Waals surface area contributed by atoms with E-state index >= 15 is 0 Å². The second-order valence-corrected chi connectivity index (χ2v) is 9.43. The van der Waals surface area contributed by atoms with Crippen LogP contribution in [0.2, 0.25) is 0 Å². The first-order valence-corrected chi connectivity index (χ1v) is 11.8. The molecule has 1 N–H and O–H groups in total. The number of nitrogens with zero attached hydrogens (tertiary/aromatic N) is 2. The van der Waals surface area contributed by atoms with Crippen LogP contribution in [0.4, 0.5) is 0 Å². The van der Waals surface area contributed by atoms with Crippen molar-refractivity contribution in [1.29, 1.82) is 0 Å². The van der Waals surface area contributed by atoms with Gasteiger partial charge in [0.15, 0.2) is 0 Å². The van der Waals surface area contributed by atoms with Gasteiger partial charge in [-0.1, -0.05) is 32.1 Å². The van der Waals surface area contributed by atoms with Crippen LogP contribution in [-0.4, -0.2) is 34.9 Å². The number of rotatable bonds is 10. The largest absolute Gasteiger partial charge is 0.507 e. The summed E-state index contributed by atoms with van der Waals surface area (Å²) in [6.07, 6.45) is 18.3. The minimum atomic E-state index is -0.0706. The standard InChI is InChI=1S/C26H40N2O2/c1-20-21(2)25-23(22(3)24(20)29)12-14-26(4,30-25)13-10-8-6-5-7-9-11-17-28-18-15-27-16-19-28/h15-16,18,29H,5-14,17,19H2,1-4H3/t26-/m1/s1. The van der Waals surface area contributed by atoms with E-state index in [2.05, 4.69) is 29.9 Å². The molecule has 0 spiro atoms. The van der Waals surface area contributed by atoms with E-state index in [1.807, 2.05) is 26.3 Å². The van der Waals surface area contributed by atoms with Gasteiger partial charge >= 0.3 is 0 Å². The highest BCUT2D eigenvalue weighted by molar-refractivity contribution is 5.61. The van der Waals surface area contributed by atoms with E-state index in [0.717, 1.165) is 54.8 Å². The van der Waals surface area contributed by atoms with E-state index in [4.69, 9.17) is 4.74 Å². The zero-order valence-electron chi connectivity index (χ0n) is 19.5. The Balaban J connectivity index is 1.33. The van der Waals surface area contributed by atoms with E-state index in [1.54, 1.807) is 0 Å². The highest BCUT2D eigenvalue weighted by Gasteiger charge is 2.34. The van der Waals surface area contributed by atoms with Crippen LogP contribution >= 0.6 is 0 Å². The molecule has 0 fully saturated rings. The lowest BCUT2D eigenvalue weighted by Crippen LogP contribution is -2.37. The molecule has 4 heteroatoms. The third kappa shape index (κ3) is 5.59. The van der Waals surface area contributed by atoms with Gasteiger partial charge in [-0.25, -0.2) is 0 Å². The monoisotopic (exact) mass is 412 g/mol. The number of benzene rings is 1. The van der Waals surface area contributed by atoms with Crippen LogP contribution in [-0.2, 0) is 6.42 Å². The van der Waals surface area contributed by atoms with Crippen LogP contribution in [0.1, 0.15) is 87.0 Å². The Hall–Kier alpha value is -1.97. The number of phenols is 1. The maximum absolute atomic E-state index is 10.4. The van der Waals surface area contributed by atoms with Gasteiger partial charge in [-0.05, 0) is 76.5 Å². The summed E-state index contributed by atoms with van der Waals surface area (Å²) in [6, 6.07) is 0. The fraction of sp³-hybridized carbons (Fsp3) is 0.654. The van der Waals surface area contributed by atoms with Gasteiger partial charge in [0.05, 0.1) is 6.54 Å². The maximum atomic E-state index is 10.4. The molecular formula is C26H40N2O2. The zero-order chi connectivity index (χ0) is 21.6. The van der Waals surface area contributed by atoms with E-state index < -0.39 is 0 Å². The Morgan fingerprint density at radius 1 is 1.00 bits per heavy atom. The zero-order valence-corrected chi connectivity index (χ0v) is 19.5. The molecule has 166 valence electrons. The van der Waals surface area contributed by atoms with Crippen molar-refractivity contribution >= 4 is 6.21 Å². The van der Waals surface area contributed by atoms with E-state index in [1.165, 1.54) is 50.5 Å². The molecule has 2 heterocycles. The summed E-state index contributed by atoms with van der Waals surface area (Å²) in [6.45, 7) is 10.5. The fourth-order valence-electron chi connectivity index (χ4n) is 4.74. The van der Waals surface area contributed by atoms with Crippen LogP contribution in [0.25, 0.3) is 0 Å². The number of hydrogen-bond acceptors (Lipinski definition) is 4. The molecular weight excluding hydrogens is 372 g/mol. The molecule has 0 aromatic heterocycles. The molecule has 2 aliphatic heterocycles. The molecule has 0 radical (unpaired) electrons. The molecule has 0 bridgehead atoms. The summed E-state index contributed by atoms with van der Waals surface area (Å²) >= 11 is 0. The van der Waals surface area contributed by atoms with Crippen LogP contribution in [0.5, 0.6) is 11.5 Å². The third-order valence-corrected chi connectivity index (χ3v) is 7.03. The smallest absolute Gasteiger partial charge is 0.127 e. The number of hydrogen-bond donors (Lipinski definition) is 1. The summed E-state index contributed by atoms with van der Waals surface area (Å²) in [7, 11) is 0. The third-order valence-electron chi connectivity index (χ3n) is 7.03. The molecule has 0 saturated carbocycles.